The van der Waals surface area contributed by atoms with Crippen LogP contribution in [0.3, 0.4) is 0 Å². The molecule has 13 heavy (non-hydrogen) atoms. The van der Waals surface area contributed by atoms with E-state index in [1.165, 1.54) is 0 Å². The van der Waals surface area contributed by atoms with Crippen LogP contribution in [0.2, 0.25) is 0 Å². The van der Waals surface area contributed by atoms with Crippen LogP contribution in [0.25, 0.3) is 0 Å². The summed E-state index contributed by atoms with van der Waals surface area (Å²) in [6, 6.07) is 3.25. The van der Waals surface area contributed by atoms with Crippen molar-refractivity contribution in [1.82, 2.24) is 4.98 Å². The zero-order valence-corrected chi connectivity index (χ0v) is 7.45. The van der Waals surface area contributed by atoms with Gasteiger partial charge in [0, 0.05) is 12.1 Å². The SMILES string of the molecule is Cc1nc(CCC(N)=O)ccc1O. The molecule has 4 nitrogen and oxygen atoms in total. The van der Waals surface area contributed by atoms with Crippen molar-refractivity contribution in [2.24, 2.45) is 5.73 Å². The molecule has 0 aliphatic rings. The molecule has 70 valence electrons. The summed E-state index contributed by atoms with van der Waals surface area (Å²) < 4.78 is 0. The molecule has 0 fully saturated rings. The predicted molar refractivity (Wildman–Crippen MR) is 48.2 cm³/mol. The van der Waals surface area contributed by atoms with Gasteiger partial charge in [-0.25, -0.2) is 0 Å². The number of amides is 1. The summed E-state index contributed by atoms with van der Waals surface area (Å²) in [6.45, 7) is 1.71. The monoisotopic (exact) mass is 180 g/mol. The first-order valence-electron chi connectivity index (χ1n) is 4.03. The molecule has 0 spiro atoms. The number of primary amides is 1. The van der Waals surface area contributed by atoms with E-state index in [-0.39, 0.29) is 18.1 Å². The Kier molecular flexibility index (Phi) is 2.84. The number of pyridine rings is 1. The number of hydrogen-bond acceptors (Lipinski definition) is 3. The number of nitrogens with zero attached hydrogens (tertiary/aromatic N) is 1. The maximum atomic E-state index is 10.5. The van der Waals surface area contributed by atoms with Crippen molar-refractivity contribution in [3.63, 3.8) is 0 Å². The summed E-state index contributed by atoms with van der Waals surface area (Å²) in [5, 5.41) is 9.17. The molecular weight excluding hydrogens is 168 g/mol. The number of aromatic nitrogens is 1. The average molecular weight is 180 g/mol. The van der Waals surface area contributed by atoms with Gasteiger partial charge in [0.2, 0.25) is 5.91 Å². The van der Waals surface area contributed by atoms with Gasteiger partial charge in [0.05, 0.1) is 5.69 Å². The minimum absolute atomic E-state index is 0.169. The molecule has 1 rings (SSSR count). The molecule has 1 amide bonds. The maximum absolute atomic E-state index is 10.5. The second kappa shape index (κ2) is 3.89. The summed E-state index contributed by atoms with van der Waals surface area (Å²) in [4.78, 5) is 14.6. The van der Waals surface area contributed by atoms with Crippen molar-refractivity contribution in [3.8, 4) is 5.75 Å². The Labute approximate surface area is 76.4 Å². The number of aryl methyl sites for hydroxylation is 2. The van der Waals surface area contributed by atoms with Crippen LogP contribution < -0.4 is 5.73 Å². The van der Waals surface area contributed by atoms with Crippen LogP contribution in [-0.2, 0) is 11.2 Å². The Hall–Kier alpha value is -1.58. The van der Waals surface area contributed by atoms with E-state index >= 15 is 0 Å². The smallest absolute Gasteiger partial charge is 0.217 e. The largest absolute Gasteiger partial charge is 0.506 e. The van der Waals surface area contributed by atoms with Gasteiger partial charge in [-0.15, -0.1) is 0 Å². The van der Waals surface area contributed by atoms with Gasteiger partial charge in [-0.2, -0.15) is 0 Å². The summed E-state index contributed by atoms with van der Waals surface area (Å²) in [5.74, 6) is -0.171. The molecule has 0 bridgehead atoms. The number of carbonyl (C=O) groups excluding carboxylic acids is 1. The third-order valence-electron chi connectivity index (χ3n) is 1.74. The van der Waals surface area contributed by atoms with E-state index in [1.54, 1.807) is 19.1 Å². The Morgan fingerprint density at radius 2 is 2.31 bits per heavy atom. The lowest BCUT2D eigenvalue weighted by Crippen LogP contribution is -2.11. The lowest BCUT2D eigenvalue weighted by Gasteiger charge is -2.01. The summed E-state index contributed by atoms with van der Waals surface area (Å²) in [5.41, 5.74) is 6.34. The van der Waals surface area contributed by atoms with Crippen molar-refractivity contribution >= 4 is 5.91 Å². The minimum atomic E-state index is -0.340. The number of carbonyl (C=O) groups is 1. The van der Waals surface area contributed by atoms with E-state index in [9.17, 15) is 4.79 Å². The van der Waals surface area contributed by atoms with Crippen LogP contribution in [0.15, 0.2) is 12.1 Å². The van der Waals surface area contributed by atoms with Gasteiger partial charge in [0.1, 0.15) is 5.75 Å². The van der Waals surface area contributed by atoms with Crippen LogP contribution in [0, 0.1) is 6.92 Å². The number of rotatable bonds is 3. The molecule has 0 aliphatic carbocycles. The van der Waals surface area contributed by atoms with Gasteiger partial charge in [-0.3, -0.25) is 9.78 Å². The van der Waals surface area contributed by atoms with E-state index in [0.29, 0.717) is 12.1 Å². The Balaban J connectivity index is 2.68. The molecule has 1 heterocycles. The Bertz CT molecular complexity index is 323. The molecule has 1 aromatic rings. The van der Waals surface area contributed by atoms with E-state index in [4.69, 9.17) is 10.8 Å². The fraction of sp³-hybridized carbons (Fsp3) is 0.333. The number of aromatic hydroxyl groups is 1. The normalized spacial score (nSPS) is 9.92. The zero-order valence-electron chi connectivity index (χ0n) is 7.45. The molecule has 0 saturated heterocycles. The van der Waals surface area contributed by atoms with E-state index in [0.717, 1.165) is 5.69 Å². The molecule has 4 heteroatoms. The standard InChI is InChI=1S/C9H12N2O2/c1-6-8(12)4-2-7(11-6)3-5-9(10)13/h2,4,12H,3,5H2,1H3,(H2,10,13). The van der Waals surface area contributed by atoms with Crippen LogP contribution in [0.4, 0.5) is 0 Å². The zero-order chi connectivity index (χ0) is 9.84. The van der Waals surface area contributed by atoms with Gasteiger partial charge in [-0.1, -0.05) is 0 Å². The number of hydrogen-bond donors (Lipinski definition) is 2. The molecule has 0 saturated carbocycles. The Morgan fingerprint density at radius 3 is 2.85 bits per heavy atom. The molecule has 1 aromatic heterocycles. The number of nitrogens with two attached hydrogens (primary N) is 1. The second-order valence-electron chi connectivity index (χ2n) is 2.87. The Morgan fingerprint density at radius 1 is 1.62 bits per heavy atom. The van der Waals surface area contributed by atoms with Gasteiger partial charge >= 0.3 is 0 Å². The van der Waals surface area contributed by atoms with Crippen LogP contribution in [-0.4, -0.2) is 16.0 Å². The van der Waals surface area contributed by atoms with E-state index < -0.39 is 0 Å². The summed E-state index contributed by atoms with van der Waals surface area (Å²) in [6.07, 6.45) is 0.813. The quantitative estimate of drug-likeness (QED) is 0.711. The van der Waals surface area contributed by atoms with Gasteiger partial charge in [0.15, 0.2) is 0 Å². The minimum Gasteiger partial charge on any atom is -0.506 e. The molecule has 0 radical (unpaired) electrons. The lowest BCUT2D eigenvalue weighted by atomic mass is 10.2. The molecule has 3 N–H and O–H groups in total. The van der Waals surface area contributed by atoms with Gasteiger partial charge < -0.3 is 10.8 Å². The van der Waals surface area contributed by atoms with Crippen molar-refractivity contribution in [3.05, 3.63) is 23.5 Å². The third-order valence-corrected chi connectivity index (χ3v) is 1.74. The molecule has 0 atom stereocenters. The average Bonchev–Trinajstić information content (AvgIpc) is 2.07. The lowest BCUT2D eigenvalue weighted by molar-refractivity contribution is -0.118. The van der Waals surface area contributed by atoms with Crippen molar-refractivity contribution in [1.29, 1.82) is 0 Å². The fourth-order valence-electron chi connectivity index (χ4n) is 0.996. The maximum Gasteiger partial charge on any atom is 0.217 e. The van der Waals surface area contributed by atoms with E-state index in [2.05, 4.69) is 4.98 Å². The molecule has 0 aromatic carbocycles. The topological polar surface area (TPSA) is 76.2 Å². The van der Waals surface area contributed by atoms with Crippen LogP contribution in [0.5, 0.6) is 5.75 Å². The second-order valence-corrected chi connectivity index (χ2v) is 2.87. The van der Waals surface area contributed by atoms with Crippen molar-refractivity contribution in [2.75, 3.05) is 0 Å². The molecular formula is C9H12N2O2. The predicted octanol–water partition coefficient (Wildman–Crippen LogP) is 0.514. The van der Waals surface area contributed by atoms with Crippen LogP contribution >= 0.6 is 0 Å². The van der Waals surface area contributed by atoms with Gasteiger partial charge in [0.25, 0.3) is 0 Å². The molecule has 0 unspecified atom stereocenters. The van der Waals surface area contributed by atoms with Gasteiger partial charge in [-0.05, 0) is 25.5 Å². The van der Waals surface area contributed by atoms with Crippen molar-refractivity contribution in [2.45, 2.75) is 19.8 Å². The van der Waals surface area contributed by atoms with Crippen molar-refractivity contribution < 1.29 is 9.90 Å². The highest BCUT2D eigenvalue weighted by Gasteiger charge is 2.01. The first-order chi connectivity index (χ1) is 6.09. The van der Waals surface area contributed by atoms with E-state index in [1.807, 2.05) is 0 Å². The summed E-state index contributed by atoms with van der Waals surface area (Å²) >= 11 is 0. The first-order valence-corrected chi connectivity index (χ1v) is 4.03. The highest BCUT2D eigenvalue weighted by Crippen LogP contribution is 2.13. The third kappa shape index (κ3) is 2.74. The molecule has 0 aliphatic heterocycles. The highest BCUT2D eigenvalue weighted by atomic mass is 16.3. The first kappa shape index (κ1) is 9.51. The fourth-order valence-corrected chi connectivity index (χ4v) is 0.996. The van der Waals surface area contributed by atoms with Crippen LogP contribution in [0.1, 0.15) is 17.8 Å². The highest BCUT2D eigenvalue weighted by molar-refractivity contribution is 5.73. The summed E-state index contributed by atoms with van der Waals surface area (Å²) in [7, 11) is 0.